The number of hydrogen-bond acceptors (Lipinski definition) is 5. The van der Waals surface area contributed by atoms with E-state index < -0.39 is 17.4 Å². The van der Waals surface area contributed by atoms with Crippen molar-refractivity contribution in [2.24, 2.45) is 15.4 Å². The summed E-state index contributed by atoms with van der Waals surface area (Å²) < 4.78 is 0. The monoisotopic (exact) mass is 322 g/mol. The van der Waals surface area contributed by atoms with Crippen LogP contribution in [0.5, 0.6) is 0 Å². The van der Waals surface area contributed by atoms with Crippen LogP contribution in [-0.2, 0) is 9.59 Å². The van der Waals surface area contributed by atoms with Crippen LogP contribution < -0.4 is 0 Å². The van der Waals surface area contributed by atoms with E-state index in [1.54, 1.807) is 0 Å². The van der Waals surface area contributed by atoms with E-state index in [2.05, 4.69) is 20.0 Å². The number of H-pyrrole nitrogens is 1. The summed E-state index contributed by atoms with van der Waals surface area (Å²) in [6.45, 7) is 0. The lowest BCUT2D eigenvalue weighted by Crippen LogP contribution is -2.37. The zero-order chi connectivity index (χ0) is 16.9. The number of para-hydroxylation sites is 2. The van der Waals surface area contributed by atoms with Gasteiger partial charge in [-0.15, -0.1) is 0 Å². The molecule has 1 aromatic carbocycles. The number of nitrogens with one attached hydrogen (secondary N) is 1. The Labute approximate surface area is 134 Å². The Kier molecular flexibility index (Phi) is 2.77. The fourth-order valence-corrected chi connectivity index (χ4v) is 2.59. The standard InChI is InChI=1S/C16H10N4O4/c21-14(22)16(15(23)24)6-5-10-11(7-16)20-13(19-10)12-17-8-3-1-2-4-9(8)18-12/h1-7H,(H,17,18)(H,21,22)(H,23,24). The Balaban J connectivity index is 1.80. The van der Waals surface area contributed by atoms with Gasteiger partial charge in [-0.1, -0.05) is 18.2 Å². The van der Waals surface area contributed by atoms with Crippen LogP contribution in [0.4, 0.5) is 0 Å². The molecular weight excluding hydrogens is 312 g/mol. The van der Waals surface area contributed by atoms with E-state index in [0.717, 1.165) is 23.2 Å². The number of allylic oxidation sites excluding steroid dienone is 1. The van der Waals surface area contributed by atoms with Crippen molar-refractivity contribution in [3.05, 3.63) is 54.0 Å². The number of aliphatic imine (C=N–C) groups is 2. The summed E-state index contributed by atoms with van der Waals surface area (Å²) in [6, 6.07) is 7.42. The Bertz CT molecular complexity index is 979. The molecule has 24 heavy (non-hydrogen) atoms. The average molecular weight is 322 g/mol. The van der Waals surface area contributed by atoms with E-state index in [0.29, 0.717) is 11.5 Å². The van der Waals surface area contributed by atoms with Gasteiger partial charge in [0.1, 0.15) is 0 Å². The quantitative estimate of drug-likeness (QED) is 0.735. The van der Waals surface area contributed by atoms with Crippen molar-refractivity contribution in [2.75, 3.05) is 0 Å². The third kappa shape index (κ3) is 1.89. The fraction of sp³-hybridized carbons (Fsp3) is 0.0625. The lowest BCUT2D eigenvalue weighted by Gasteiger charge is -2.20. The lowest BCUT2D eigenvalue weighted by molar-refractivity contribution is -0.157. The maximum absolute atomic E-state index is 11.4. The van der Waals surface area contributed by atoms with Gasteiger partial charge < -0.3 is 15.2 Å². The highest BCUT2D eigenvalue weighted by Gasteiger charge is 2.45. The lowest BCUT2D eigenvalue weighted by atomic mass is 9.83. The number of amidine groups is 1. The number of rotatable bonds is 3. The Morgan fingerprint density at radius 3 is 2.54 bits per heavy atom. The van der Waals surface area contributed by atoms with E-state index in [-0.39, 0.29) is 11.5 Å². The molecule has 2 aromatic rings. The summed E-state index contributed by atoms with van der Waals surface area (Å²) >= 11 is 0. The molecule has 0 atom stereocenters. The molecule has 8 nitrogen and oxygen atoms in total. The zero-order valence-electron chi connectivity index (χ0n) is 12.1. The first-order valence-corrected chi connectivity index (χ1v) is 7.01. The van der Waals surface area contributed by atoms with E-state index >= 15 is 0 Å². The molecule has 0 spiro atoms. The SMILES string of the molecule is O=C(O)C1(C(=O)O)C=CC2=NC(c3nc4ccccc4[nH]3)=NC2=C1. The molecule has 0 saturated carbocycles. The molecule has 1 aromatic heterocycles. The van der Waals surface area contributed by atoms with Gasteiger partial charge in [0.05, 0.1) is 22.4 Å². The van der Waals surface area contributed by atoms with Gasteiger partial charge >= 0.3 is 11.9 Å². The first-order chi connectivity index (χ1) is 11.5. The molecule has 8 heteroatoms. The summed E-state index contributed by atoms with van der Waals surface area (Å²) in [4.78, 5) is 38.8. The van der Waals surface area contributed by atoms with Crippen LogP contribution in [-0.4, -0.2) is 43.7 Å². The third-order valence-corrected chi connectivity index (χ3v) is 3.89. The van der Waals surface area contributed by atoms with Gasteiger partial charge in [-0.3, -0.25) is 9.59 Å². The van der Waals surface area contributed by atoms with Crippen LogP contribution in [0, 0.1) is 5.41 Å². The molecule has 2 heterocycles. The highest BCUT2D eigenvalue weighted by molar-refractivity contribution is 6.24. The maximum Gasteiger partial charge on any atom is 0.329 e. The number of carbonyl (C=O) groups is 2. The summed E-state index contributed by atoms with van der Waals surface area (Å²) in [5, 5.41) is 18.5. The second-order valence-electron chi connectivity index (χ2n) is 5.38. The Hall–Kier alpha value is -3.55. The Morgan fingerprint density at radius 1 is 1.08 bits per heavy atom. The number of nitrogens with zero attached hydrogens (tertiary/aromatic N) is 3. The highest BCUT2D eigenvalue weighted by Crippen LogP contribution is 2.31. The van der Waals surface area contributed by atoms with Gasteiger partial charge in [0.2, 0.25) is 5.41 Å². The van der Waals surface area contributed by atoms with Crippen LogP contribution in [0.1, 0.15) is 5.82 Å². The topological polar surface area (TPSA) is 128 Å². The fourth-order valence-electron chi connectivity index (χ4n) is 2.59. The predicted octanol–water partition coefficient (Wildman–Crippen LogP) is 1.37. The molecule has 3 N–H and O–H groups in total. The zero-order valence-corrected chi connectivity index (χ0v) is 12.1. The summed E-state index contributed by atoms with van der Waals surface area (Å²) in [5.74, 6) is -2.25. The van der Waals surface area contributed by atoms with Crippen LogP contribution in [0.15, 0.2) is 58.2 Å². The minimum absolute atomic E-state index is 0.206. The van der Waals surface area contributed by atoms with Crippen molar-refractivity contribution in [1.29, 1.82) is 0 Å². The third-order valence-electron chi connectivity index (χ3n) is 3.89. The van der Waals surface area contributed by atoms with Crippen molar-refractivity contribution >= 4 is 34.5 Å². The van der Waals surface area contributed by atoms with Gasteiger partial charge in [-0.05, 0) is 24.3 Å². The molecule has 0 unspecified atom stereocenters. The Morgan fingerprint density at radius 2 is 1.83 bits per heavy atom. The first kappa shape index (κ1) is 14.1. The molecule has 118 valence electrons. The van der Waals surface area contributed by atoms with Crippen LogP contribution in [0.25, 0.3) is 11.0 Å². The average Bonchev–Trinajstić information content (AvgIpc) is 3.16. The van der Waals surface area contributed by atoms with Crippen molar-refractivity contribution < 1.29 is 19.8 Å². The van der Waals surface area contributed by atoms with Crippen LogP contribution >= 0.6 is 0 Å². The predicted molar refractivity (Wildman–Crippen MR) is 85.0 cm³/mol. The maximum atomic E-state index is 11.4. The number of imidazole rings is 1. The molecular formula is C16H10N4O4. The molecule has 0 amide bonds. The molecule has 0 bridgehead atoms. The molecule has 1 aliphatic heterocycles. The minimum Gasteiger partial charge on any atom is -0.480 e. The number of aromatic nitrogens is 2. The van der Waals surface area contributed by atoms with E-state index in [1.807, 2.05) is 24.3 Å². The number of benzene rings is 1. The summed E-state index contributed by atoms with van der Waals surface area (Å²) in [7, 11) is 0. The number of aliphatic carboxylic acids is 2. The van der Waals surface area contributed by atoms with E-state index in [1.165, 1.54) is 6.08 Å². The molecule has 1 aliphatic carbocycles. The van der Waals surface area contributed by atoms with E-state index in [9.17, 15) is 19.8 Å². The van der Waals surface area contributed by atoms with Crippen LogP contribution in [0.2, 0.25) is 0 Å². The summed E-state index contributed by atoms with van der Waals surface area (Å²) in [5.41, 5.74) is 0.0445. The van der Waals surface area contributed by atoms with Crippen molar-refractivity contribution in [3.63, 3.8) is 0 Å². The molecule has 0 radical (unpaired) electrons. The van der Waals surface area contributed by atoms with Gasteiger partial charge in [-0.25, -0.2) is 15.0 Å². The van der Waals surface area contributed by atoms with Gasteiger partial charge in [0.15, 0.2) is 11.7 Å². The normalized spacial score (nSPS) is 17.9. The van der Waals surface area contributed by atoms with Crippen LogP contribution in [0.3, 0.4) is 0 Å². The number of aromatic amines is 1. The second kappa shape index (κ2) is 4.72. The number of fused-ring (bicyclic) bond motifs is 2. The number of hydrogen-bond donors (Lipinski definition) is 3. The largest absolute Gasteiger partial charge is 0.480 e. The van der Waals surface area contributed by atoms with Gasteiger partial charge in [-0.2, -0.15) is 0 Å². The summed E-state index contributed by atoms with van der Waals surface area (Å²) in [6.07, 6.45) is 3.54. The molecule has 2 aliphatic rings. The molecule has 4 rings (SSSR count). The molecule has 0 fully saturated rings. The smallest absolute Gasteiger partial charge is 0.329 e. The van der Waals surface area contributed by atoms with Crippen molar-refractivity contribution in [1.82, 2.24) is 9.97 Å². The highest BCUT2D eigenvalue weighted by atomic mass is 16.4. The second-order valence-corrected chi connectivity index (χ2v) is 5.38. The molecule has 0 saturated heterocycles. The first-order valence-electron chi connectivity index (χ1n) is 7.01. The van der Waals surface area contributed by atoms with Gasteiger partial charge in [0, 0.05) is 0 Å². The van der Waals surface area contributed by atoms with E-state index in [4.69, 9.17) is 0 Å². The number of carboxylic acids is 2. The minimum atomic E-state index is -2.14. The number of carboxylic acid groups (broad SMARTS) is 2. The van der Waals surface area contributed by atoms with Crippen molar-refractivity contribution in [2.45, 2.75) is 0 Å². The van der Waals surface area contributed by atoms with Gasteiger partial charge in [0.25, 0.3) is 0 Å². The van der Waals surface area contributed by atoms with Crippen molar-refractivity contribution in [3.8, 4) is 0 Å².